The van der Waals surface area contributed by atoms with Crippen molar-refractivity contribution >= 4 is 0 Å². The lowest BCUT2D eigenvalue weighted by molar-refractivity contribution is 0.464. The molecule has 0 saturated carbocycles. The first-order valence-electron chi connectivity index (χ1n) is 5.68. The smallest absolute Gasteiger partial charge is 0.0167 e. The molecule has 1 heteroatoms. The third-order valence-electron chi connectivity index (χ3n) is 2.82. The molecular weight excluding hydrogens is 182 g/mol. The van der Waals surface area contributed by atoms with E-state index in [-0.39, 0.29) is 0 Å². The molecule has 82 valence electrons. The van der Waals surface area contributed by atoms with Crippen LogP contribution in [0.5, 0.6) is 0 Å². The van der Waals surface area contributed by atoms with Gasteiger partial charge in [0, 0.05) is 6.04 Å². The van der Waals surface area contributed by atoms with Gasteiger partial charge in [-0.2, -0.15) is 0 Å². The Morgan fingerprint density at radius 3 is 2.53 bits per heavy atom. The van der Waals surface area contributed by atoms with Crippen LogP contribution < -0.4 is 5.32 Å². The van der Waals surface area contributed by atoms with Crippen LogP contribution in [0.25, 0.3) is 0 Å². The summed E-state index contributed by atoms with van der Waals surface area (Å²) in [5.41, 5.74) is 1.39. The number of nitrogens with one attached hydrogen (secondary N) is 1. The molecule has 1 rings (SSSR count). The van der Waals surface area contributed by atoms with Gasteiger partial charge in [-0.25, -0.2) is 0 Å². The summed E-state index contributed by atoms with van der Waals surface area (Å²) in [6.45, 7) is 9.25. The summed E-state index contributed by atoms with van der Waals surface area (Å²) in [4.78, 5) is 0. The summed E-state index contributed by atoms with van der Waals surface area (Å²) in [7, 11) is 0. The van der Waals surface area contributed by atoms with Gasteiger partial charge >= 0.3 is 0 Å². The summed E-state index contributed by atoms with van der Waals surface area (Å²) in [5.74, 6) is 0.532. The second-order valence-electron chi connectivity index (χ2n) is 3.89. The zero-order valence-corrected chi connectivity index (χ0v) is 9.74. The van der Waals surface area contributed by atoms with Crippen molar-refractivity contribution in [2.75, 3.05) is 6.54 Å². The van der Waals surface area contributed by atoms with Crippen molar-refractivity contribution < 1.29 is 0 Å². The van der Waals surface area contributed by atoms with E-state index in [0.29, 0.717) is 12.0 Å². The van der Waals surface area contributed by atoms with Gasteiger partial charge in [-0.05, 0) is 24.4 Å². The number of rotatable bonds is 6. The minimum absolute atomic E-state index is 0.495. The largest absolute Gasteiger partial charge is 0.313 e. The maximum absolute atomic E-state index is 3.82. The van der Waals surface area contributed by atoms with E-state index in [2.05, 4.69) is 56.1 Å². The topological polar surface area (TPSA) is 12.0 Å². The summed E-state index contributed by atoms with van der Waals surface area (Å²) >= 11 is 0. The second kappa shape index (κ2) is 6.41. The molecule has 1 N–H and O–H groups in total. The fourth-order valence-electron chi connectivity index (χ4n) is 1.89. The van der Waals surface area contributed by atoms with E-state index in [9.17, 15) is 0 Å². The molecule has 0 aliphatic carbocycles. The Balaban J connectivity index is 2.71. The maximum Gasteiger partial charge on any atom is 0.0167 e. The highest BCUT2D eigenvalue weighted by Crippen LogP contribution is 2.20. The first kappa shape index (κ1) is 12.0. The average Bonchev–Trinajstić information content (AvgIpc) is 2.29. The Bertz CT molecular complexity index is 279. The van der Waals surface area contributed by atoms with E-state index < -0.39 is 0 Å². The predicted octanol–water partition coefficient (Wildman–Crippen LogP) is 3.34. The number of hydrogen-bond acceptors (Lipinski definition) is 1. The number of likely N-dealkylation sites (N-methyl/N-ethyl adjacent to an activating group) is 1. The average molecular weight is 203 g/mol. The summed E-state index contributed by atoms with van der Waals surface area (Å²) in [6, 6.07) is 11.1. The number of hydrogen-bond donors (Lipinski definition) is 1. The molecule has 1 aromatic carbocycles. The Labute approximate surface area is 93.2 Å². The van der Waals surface area contributed by atoms with Crippen molar-refractivity contribution in [3.05, 3.63) is 48.6 Å². The van der Waals surface area contributed by atoms with Gasteiger partial charge in [0.05, 0.1) is 0 Å². The Morgan fingerprint density at radius 2 is 2.00 bits per heavy atom. The third kappa shape index (κ3) is 3.52. The van der Waals surface area contributed by atoms with Crippen molar-refractivity contribution in [3.8, 4) is 0 Å². The Morgan fingerprint density at radius 1 is 1.33 bits per heavy atom. The standard InChI is InChI=1S/C14H21N/c1-4-9-14(15-5-2)12(3)13-10-7-6-8-11-13/h4,6-8,10-12,14-15H,1,5,9H2,2-3H3. The van der Waals surface area contributed by atoms with Crippen molar-refractivity contribution in [1.82, 2.24) is 5.32 Å². The molecule has 1 aromatic rings. The fourth-order valence-corrected chi connectivity index (χ4v) is 1.89. The highest BCUT2D eigenvalue weighted by atomic mass is 14.9. The van der Waals surface area contributed by atoms with E-state index >= 15 is 0 Å². The van der Waals surface area contributed by atoms with E-state index in [4.69, 9.17) is 0 Å². The van der Waals surface area contributed by atoms with Gasteiger partial charge in [-0.15, -0.1) is 6.58 Å². The molecule has 2 atom stereocenters. The highest BCUT2D eigenvalue weighted by molar-refractivity contribution is 5.20. The van der Waals surface area contributed by atoms with E-state index in [0.717, 1.165) is 13.0 Å². The molecule has 0 amide bonds. The number of benzene rings is 1. The highest BCUT2D eigenvalue weighted by Gasteiger charge is 2.15. The predicted molar refractivity (Wildman–Crippen MR) is 67.1 cm³/mol. The van der Waals surface area contributed by atoms with Crippen LogP contribution in [0.1, 0.15) is 31.7 Å². The van der Waals surface area contributed by atoms with Gasteiger partial charge in [0.15, 0.2) is 0 Å². The SMILES string of the molecule is C=CCC(NCC)C(C)c1ccccc1. The van der Waals surface area contributed by atoms with Crippen molar-refractivity contribution in [3.63, 3.8) is 0 Å². The first-order valence-corrected chi connectivity index (χ1v) is 5.68. The molecule has 1 nitrogen and oxygen atoms in total. The quantitative estimate of drug-likeness (QED) is 0.699. The van der Waals surface area contributed by atoms with E-state index in [1.54, 1.807) is 0 Å². The van der Waals surface area contributed by atoms with Gasteiger partial charge < -0.3 is 5.32 Å². The zero-order chi connectivity index (χ0) is 11.1. The molecule has 0 spiro atoms. The van der Waals surface area contributed by atoms with Crippen LogP contribution in [0, 0.1) is 0 Å². The molecule has 0 saturated heterocycles. The van der Waals surface area contributed by atoms with Crippen LogP contribution in [-0.2, 0) is 0 Å². The molecular formula is C14H21N. The summed E-state index contributed by atoms with van der Waals surface area (Å²) in [5, 5.41) is 3.51. The monoisotopic (exact) mass is 203 g/mol. The van der Waals surface area contributed by atoms with Crippen molar-refractivity contribution in [2.45, 2.75) is 32.2 Å². The lowest BCUT2D eigenvalue weighted by atomic mass is 9.91. The molecule has 0 aromatic heterocycles. The van der Waals surface area contributed by atoms with Crippen LogP contribution in [0.3, 0.4) is 0 Å². The molecule has 0 aliphatic heterocycles. The van der Waals surface area contributed by atoms with Crippen molar-refractivity contribution in [2.24, 2.45) is 0 Å². The molecule has 0 fully saturated rings. The van der Waals surface area contributed by atoms with Gasteiger partial charge in [0.2, 0.25) is 0 Å². The minimum atomic E-state index is 0.495. The Hall–Kier alpha value is -1.08. The van der Waals surface area contributed by atoms with Crippen LogP contribution in [-0.4, -0.2) is 12.6 Å². The molecule has 0 aliphatic rings. The molecule has 2 unspecified atom stereocenters. The van der Waals surface area contributed by atoms with Crippen molar-refractivity contribution in [1.29, 1.82) is 0 Å². The lowest BCUT2D eigenvalue weighted by Crippen LogP contribution is -2.33. The van der Waals surface area contributed by atoms with Crippen LogP contribution in [0.15, 0.2) is 43.0 Å². The van der Waals surface area contributed by atoms with Crippen LogP contribution >= 0.6 is 0 Å². The third-order valence-corrected chi connectivity index (χ3v) is 2.82. The normalized spacial score (nSPS) is 14.5. The molecule has 0 bridgehead atoms. The summed E-state index contributed by atoms with van der Waals surface area (Å²) < 4.78 is 0. The zero-order valence-electron chi connectivity index (χ0n) is 9.74. The van der Waals surface area contributed by atoms with Gasteiger partial charge in [0.25, 0.3) is 0 Å². The van der Waals surface area contributed by atoms with Gasteiger partial charge in [-0.3, -0.25) is 0 Å². The van der Waals surface area contributed by atoms with E-state index in [1.807, 2.05) is 6.08 Å². The Kier molecular flexibility index (Phi) is 5.13. The minimum Gasteiger partial charge on any atom is -0.313 e. The second-order valence-corrected chi connectivity index (χ2v) is 3.89. The molecule has 0 heterocycles. The van der Waals surface area contributed by atoms with Crippen LogP contribution in [0.2, 0.25) is 0 Å². The maximum atomic E-state index is 3.82. The fraction of sp³-hybridized carbons (Fsp3) is 0.429. The van der Waals surface area contributed by atoms with E-state index in [1.165, 1.54) is 5.56 Å². The summed E-state index contributed by atoms with van der Waals surface area (Å²) in [6.07, 6.45) is 3.01. The lowest BCUT2D eigenvalue weighted by Gasteiger charge is -2.24. The van der Waals surface area contributed by atoms with Crippen LogP contribution in [0.4, 0.5) is 0 Å². The first-order chi connectivity index (χ1) is 7.29. The van der Waals surface area contributed by atoms with Gasteiger partial charge in [-0.1, -0.05) is 50.3 Å². The molecule has 15 heavy (non-hydrogen) atoms. The van der Waals surface area contributed by atoms with Gasteiger partial charge in [0.1, 0.15) is 0 Å². The molecule has 0 radical (unpaired) electrons.